The van der Waals surface area contributed by atoms with Crippen molar-refractivity contribution in [1.82, 2.24) is 30.0 Å². The lowest BCUT2D eigenvalue weighted by molar-refractivity contribution is -0.148. The molecule has 10 nitrogen and oxygen atoms in total. The maximum atomic E-state index is 12.9. The monoisotopic (exact) mass is 550 g/mol. The van der Waals surface area contributed by atoms with E-state index in [4.69, 9.17) is 14.7 Å². The van der Waals surface area contributed by atoms with Gasteiger partial charge in [0.1, 0.15) is 12.5 Å². The van der Waals surface area contributed by atoms with E-state index in [0.717, 1.165) is 11.2 Å². The Kier molecular flexibility index (Phi) is 8.12. The van der Waals surface area contributed by atoms with Crippen molar-refractivity contribution >= 4 is 28.6 Å². The van der Waals surface area contributed by atoms with Crippen molar-refractivity contribution in [3.63, 3.8) is 0 Å². The number of piperidine rings is 1. The average molecular weight is 551 g/mol. The number of anilines is 2. The second-order valence-electron chi connectivity index (χ2n) is 9.57. The molecule has 0 atom stereocenters. The predicted octanol–water partition coefficient (Wildman–Crippen LogP) is 3.62. The van der Waals surface area contributed by atoms with E-state index in [0.29, 0.717) is 75.0 Å². The number of nitrogens with zero attached hydrogens (tertiary/aromatic N) is 6. The molecule has 5 rings (SSSR count). The van der Waals surface area contributed by atoms with Crippen molar-refractivity contribution in [2.45, 2.75) is 25.1 Å². The normalized spacial score (nSPS) is 17.5. The van der Waals surface area contributed by atoms with Crippen LogP contribution in [0.5, 0.6) is 0 Å². The molecule has 0 aliphatic carbocycles. The molecule has 0 unspecified atom stereocenters. The average Bonchev–Trinajstić information content (AvgIpc) is 3.36. The topological polar surface area (TPSA) is 100 Å². The number of amides is 2. The molecule has 2 aliphatic rings. The quantitative estimate of drug-likeness (QED) is 0.434. The highest BCUT2D eigenvalue weighted by Crippen LogP contribution is 2.33. The number of nitrogens with one attached hydrogen (secondary N) is 2. The van der Waals surface area contributed by atoms with E-state index in [9.17, 15) is 22.4 Å². The molecule has 0 saturated carbocycles. The van der Waals surface area contributed by atoms with Gasteiger partial charge in [0.2, 0.25) is 0 Å². The van der Waals surface area contributed by atoms with Crippen molar-refractivity contribution < 1.29 is 27.1 Å². The lowest BCUT2D eigenvalue weighted by atomic mass is 10.1. The summed E-state index contributed by atoms with van der Waals surface area (Å²) >= 11 is 0. The molecule has 3 aromatic rings. The van der Waals surface area contributed by atoms with Crippen LogP contribution in [0.1, 0.15) is 18.9 Å². The first-order valence-electron chi connectivity index (χ1n) is 12.9. The molecule has 0 spiro atoms. The third-order valence-corrected chi connectivity index (χ3v) is 6.83. The first-order valence-corrected chi connectivity index (χ1v) is 12.9. The van der Waals surface area contributed by atoms with Crippen molar-refractivity contribution in [1.29, 1.82) is 0 Å². The predicted molar refractivity (Wildman–Crippen MR) is 138 cm³/mol. The minimum absolute atomic E-state index is 0.0723. The summed E-state index contributed by atoms with van der Waals surface area (Å²) in [5, 5.41) is 10.4. The number of halogens is 4. The Labute approximate surface area is 222 Å². The molecule has 1 aromatic carbocycles. The van der Waals surface area contributed by atoms with E-state index in [1.165, 1.54) is 4.90 Å². The number of likely N-dealkylation sites (tertiary alicyclic amines) is 1. The fraction of sp³-hybridized carbons (Fsp3) is 0.520. The second-order valence-corrected chi connectivity index (χ2v) is 9.57. The molecule has 2 N–H and O–H groups in total. The standard InChI is InChI=1S/C25H30F4N8O2/c26-7-8-30-24(38)32-18-3-1-17(2-4-18)21-33-22(36-11-13-39-14-12-36)20-15-31-37(23(20)34-21)19-5-9-35(10-6-19)16-25(27,28)29/h1-4,15,19H,5-14,16H2,(H2,30,32,38). The molecule has 0 bridgehead atoms. The maximum absolute atomic E-state index is 12.9. The zero-order valence-electron chi connectivity index (χ0n) is 21.3. The molecule has 2 amide bonds. The molecule has 39 heavy (non-hydrogen) atoms. The van der Waals surface area contributed by atoms with Crippen LogP contribution in [0.15, 0.2) is 30.5 Å². The SMILES string of the molecule is O=C(NCCF)Nc1ccc(-c2nc(N3CCOCC3)c3cnn(C4CCN(CC(F)(F)F)CC4)c3n2)cc1. The first kappa shape index (κ1) is 27.1. The van der Waals surface area contributed by atoms with Crippen LogP contribution in [0.4, 0.5) is 33.9 Å². The highest BCUT2D eigenvalue weighted by molar-refractivity contribution is 5.90. The van der Waals surface area contributed by atoms with E-state index >= 15 is 0 Å². The van der Waals surface area contributed by atoms with Gasteiger partial charge in [0.15, 0.2) is 11.5 Å². The van der Waals surface area contributed by atoms with Crippen molar-refractivity contribution in [2.24, 2.45) is 0 Å². The van der Waals surface area contributed by atoms with Crippen molar-refractivity contribution in [3.05, 3.63) is 30.5 Å². The Morgan fingerprint density at radius 2 is 1.77 bits per heavy atom. The van der Waals surface area contributed by atoms with Crippen LogP contribution < -0.4 is 15.5 Å². The number of morpholine rings is 1. The molecule has 2 aromatic heterocycles. The van der Waals surface area contributed by atoms with Gasteiger partial charge in [-0.05, 0) is 37.1 Å². The third-order valence-electron chi connectivity index (χ3n) is 6.83. The van der Waals surface area contributed by atoms with Gasteiger partial charge in [-0.3, -0.25) is 4.90 Å². The molecule has 2 fully saturated rings. The Hall–Kier alpha value is -3.52. The Morgan fingerprint density at radius 3 is 2.44 bits per heavy atom. The Bertz CT molecular complexity index is 1270. The largest absolute Gasteiger partial charge is 0.401 e. The van der Waals surface area contributed by atoms with Gasteiger partial charge in [0.05, 0.1) is 37.4 Å². The number of ether oxygens (including phenoxy) is 1. The van der Waals surface area contributed by atoms with Gasteiger partial charge in [-0.1, -0.05) is 0 Å². The molecule has 14 heteroatoms. The number of hydrogen-bond acceptors (Lipinski definition) is 7. The zero-order valence-corrected chi connectivity index (χ0v) is 21.3. The zero-order chi connectivity index (χ0) is 27.4. The van der Waals surface area contributed by atoms with E-state index < -0.39 is 25.4 Å². The smallest absolute Gasteiger partial charge is 0.378 e. The lowest BCUT2D eigenvalue weighted by Gasteiger charge is -2.32. The number of rotatable bonds is 7. The number of carbonyl (C=O) groups excluding carboxylic acids is 1. The molecule has 2 saturated heterocycles. The highest BCUT2D eigenvalue weighted by atomic mass is 19.4. The summed E-state index contributed by atoms with van der Waals surface area (Å²) < 4.78 is 58.2. The number of aromatic nitrogens is 4. The maximum Gasteiger partial charge on any atom is 0.401 e. The summed E-state index contributed by atoms with van der Waals surface area (Å²) in [6.45, 7) is 1.47. The van der Waals surface area contributed by atoms with Crippen LogP contribution in [0, 0.1) is 0 Å². The third kappa shape index (κ3) is 6.56. The summed E-state index contributed by atoms with van der Waals surface area (Å²) in [6, 6.07) is 6.40. The minimum atomic E-state index is -4.22. The Morgan fingerprint density at radius 1 is 1.05 bits per heavy atom. The summed E-state index contributed by atoms with van der Waals surface area (Å²) in [7, 11) is 0. The van der Waals surface area contributed by atoms with Gasteiger partial charge >= 0.3 is 12.2 Å². The molecule has 210 valence electrons. The number of benzene rings is 1. The number of carbonyl (C=O) groups is 1. The molecule has 2 aliphatic heterocycles. The fourth-order valence-corrected chi connectivity index (χ4v) is 4.94. The van der Waals surface area contributed by atoms with Crippen LogP contribution in [0.25, 0.3) is 22.4 Å². The van der Waals surface area contributed by atoms with Gasteiger partial charge in [0.25, 0.3) is 0 Å². The summed E-state index contributed by atoms with van der Waals surface area (Å²) in [5.74, 6) is 1.19. The first-order chi connectivity index (χ1) is 18.8. The van der Waals surface area contributed by atoms with E-state index in [2.05, 4.69) is 20.6 Å². The number of alkyl halides is 4. The number of hydrogen-bond donors (Lipinski definition) is 2. The van der Waals surface area contributed by atoms with Gasteiger partial charge in [-0.15, -0.1) is 0 Å². The minimum Gasteiger partial charge on any atom is -0.378 e. The summed E-state index contributed by atoms with van der Waals surface area (Å²) in [4.78, 5) is 25.1. The van der Waals surface area contributed by atoms with Gasteiger partial charge in [-0.25, -0.2) is 23.8 Å². The van der Waals surface area contributed by atoms with Crippen LogP contribution >= 0.6 is 0 Å². The molecule has 4 heterocycles. The van der Waals surface area contributed by atoms with Gasteiger partial charge in [-0.2, -0.15) is 18.3 Å². The van der Waals surface area contributed by atoms with Gasteiger partial charge in [0, 0.05) is 44.0 Å². The van der Waals surface area contributed by atoms with Crippen LogP contribution in [0.2, 0.25) is 0 Å². The van der Waals surface area contributed by atoms with E-state index in [-0.39, 0.29) is 12.6 Å². The van der Waals surface area contributed by atoms with Crippen LogP contribution in [-0.2, 0) is 4.74 Å². The number of fused-ring (bicyclic) bond motifs is 1. The summed E-state index contributed by atoms with van der Waals surface area (Å²) in [5.41, 5.74) is 1.87. The van der Waals surface area contributed by atoms with Crippen molar-refractivity contribution in [3.8, 4) is 11.4 Å². The van der Waals surface area contributed by atoms with Crippen LogP contribution in [0.3, 0.4) is 0 Å². The van der Waals surface area contributed by atoms with E-state index in [1.807, 2.05) is 4.68 Å². The highest BCUT2D eigenvalue weighted by Gasteiger charge is 2.33. The lowest BCUT2D eigenvalue weighted by Crippen LogP contribution is -2.40. The molecular formula is C25H30F4N8O2. The molecular weight excluding hydrogens is 520 g/mol. The Balaban J connectivity index is 1.43. The second kappa shape index (κ2) is 11.7. The summed E-state index contributed by atoms with van der Waals surface area (Å²) in [6.07, 6.45) is -1.42. The fourth-order valence-electron chi connectivity index (χ4n) is 4.94. The number of urea groups is 1. The van der Waals surface area contributed by atoms with Crippen LogP contribution in [-0.4, -0.2) is 96.0 Å². The van der Waals surface area contributed by atoms with E-state index in [1.54, 1.807) is 30.5 Å². The molecule has 0 radical (unpaired) electrons. The van der Waals surface area contributed by atoms with Crippen molar-refractivity contribution in [2.75, 3.05) is 69.4 Å². The van der Waals surface area contributed by atoms with Gasteiger partial charge < -0.3 is 20.3 Å².